The highest BCUT2D eigenvalue weighted by atomic mass is 16.2. The minimum atomic E-state index is -0.354. The van der Waals surface area contributed by atoms with Gasteiger partial charge in [-0.1, -0.05) is 31.2 Å². The Labute approximate surface area is 151 Å². The highest BCUT2D eigenvalue weighted by Crippen LogP contribution is 2.14. The zero-order valence-electron chi connectivity index (χ0n) is 14.3. The Balaban J connectivity index is 1.71. The largest absolute Gasteiger partial charge is 0.326 e. The molecule has 3 rings (SSSR count). The molecule has 6 heteroatoms. The summed E-state index contributed by atoms with van der Waals surface area (Å²) >= 11 is 0. The summed E-state index contributed by atoms with van der Waals surface area (Å²) in [5, 5.41) is 7.72. The first-order valence-electron chi connectivity index (χ1n) is 8.24. The third-order valence-electron chi connectivity index (χ3n) is 3.78. The van der Waals surface area contributed by atoms with Crippen molar-refractivity contribution in [1.82, 2.24) is 10.4 Å². The number of nitrogens with one attached hydrogen (secondary N) is 2. The number of rotatable bonds is 5. The summed E-state index contributed by atoms with van der Waals surface area (Å²) in [4.78, 5) is 28.0. The van der Waals surface area contributed by atoms with Gasteiger partial charge in [0.1, 0.15) is 0 Å². The number of fused-ring (bicyclic) bond motifs is 1. The average molecular weight is 346 g/mol. The SMILES string of the molecule is CCC(=O)Nc1cccc(C(=O)N/N=C/c2ccnc3ccccc23)c1. The summed E-state index contributed by atoms with van der Waals surface area (Å²) in [5.74, 6) is -0.461. The standard InChI is InChI=1S/C20H18N4O2/c1-2-19(25)23-16-7-5-6-14(12-16)20(26)24-22-13-15-10-11-21-18-9-4-3-8-17(15)18/h3-13H,2H2,1H3,(H,23,25)(H,24,26)/b22-13+. The summed E-state index contributed by atoms with van der Waals surface area (Å²) in [6.45, 7) is 1.77. The molecule has 26 heavy (non-hydrogen) atoms. The number of benzene rings is 2. The number of amides is 2. The zero-order valence-corrected chi connectivity index (χ0v) is 14.3. The van der Waals surface area contributed by atoms with Gasteiger partial charge in [0.15, 0.2) is 0 Å². The van der Waals surface area contributed by atoms with E-state index in [2.05, 4.69) is 20.8 Å². The maximum Gasteiger partial charge on any atom is 0.271 e. The maximum absolute atomic E-state index is 12.3. The van der Waals surface area contributed by atoms with Crippen LogP contribution in [-0.2, 0) is 4.79 Å². The number of aromatic nitrogens is 1. The van der Waals surface area contributed by atoms with Crippen molar-refractivity contribution in [3.63, 3.8) is 0 Å². The van der Waals surface area contributed by atoms with E-state index in [1.807, 2.05) is 30.3 Å². The van der Waals surface area contributed by atoms with Crippen LogP contribution in [0.2, 0.25) is 0 Å². The molecule has 3 aromatic rings. The Bertz CT molecular complexity index is 977. The Hall–Kier alpha value is -3.54. The van der Waals surface area contributed by atoms with Crippen LogP contribution in [0.25, 0.3) is 10.9 Å². The molecular formula is C20H18N4O2. The van der Waals surface area contributed by atoms with Crippen molar-refractivity contribution in [3.05, 3.63) is 71.9 Å². The van der Waals surface area contributed by atoms with Gasteiger partial charge in [-0.15, -0.1) is 0 Å². The number of carbonyl (C=O) groups is 2. The van der Waals surface area contributed by atoms with E-state index in [1.54, 1.807) is 43.6 Å². The number of hydrogen-bond acceptors (Lipinski definition) is 4. The van der Waals surface area contributed by atoms with Crippen molar-refractivity contribution in [1.29, 1.82) is 0 Å². The van der Waals surface area contributed by atoms with Gasteiger partial charge in [-0.05, 0) is 30.3 Å². The van der Waals surface area contributed by atoms with Crippen molar-refractivity contribution < 1.29 is 9.59 Å². The Morgan fingerprint density at radius 2 is 1.96 bits per heavy atom. The van der Waals surface area contributed by atoms with Crippen LogP contribution in [0.15, 0.2) is 65.9 Å². The number of para-hydroxylation sites is 1. The van der Waals surface area contributed by atoms with Gasteiger partial charge in [-0.2, -0.15) is 5.10 Å². The third kappa shape index (κ3) is 4.10. The quantitative estimate of drug-likeness (QED) is 0.549. The van der Waals surface area contributed by atoms with E-state index in [1.165, 1.54) is 0 Å². The van der Waals surface area contributed by atoms with Gasteiger partial charge in [-0.25, -0.2) is 5.43 Å². The lowest BCUT2D eigenvalue weighted by Gasteiger charge is -2.06. The van der Waals surface area contributed by atoms with Gasteiger partial charge in [0.2, 0.25) is 5.91 Å². The molecule has 0 saturated carbocycles. The van der Waals surface area contributed by atoms with Crippen LogP contribution in [0.3, 0.4) is 0 Å². The second-order valence-corrected chi connectivity index (χ2v) is 5.60. The summed E-state index contributed by atoms with van der Waals surface area (Å²) in [6.07, 6.45) is 3.66. The summed E-state index contributed by atoms with van der Waals surface area (Å²) < 4.78 is 0. The van der Waals surface area contributed by atoms with Crippen LogP contribution in [0.5, 0.6) is 0 Å². The number of hydrogen-bond donors (Lipinski definition) is 2. The van der Waals surface area contributed by atoms with Crippen LogP contribution in [0.1, 0.15) is 29.3 Å². The fourth-order valence-corrected chi connectivity index (χ4v) is 2.44. The van der Waals surface area contributed by atoms with Crippen LogP contribution >= 0.6 is 0 Å². The Kier molecular flexibility index (Phi) is 5.34. The van der Waals surface area contributed by atoms with Crippen LogP contribution in [-0.4, -0.2) is 23.0 Å². The second kappa shape index (κ2) is 8.02. The monoisotopic (exact) mass is 346 g/mol. The van der Waals surface area contributed by atoms with Gasteiger partial charge < -0.3 is 5.32 Å². The topological polar surface area (TPSA) is 83.5 Å². The smallest absolute Gasteiger partial charge is 0.271 e. The van der Waals surface area contributed by atoms with Gasteiger partial charge in [0.25, 0.3) is 5.91 Å². The van der Waals surface area contributed by atoms with Gasteiger partial charge in [0, 0.05) is 34.8 Å². The molecule has 2 amide bonds. The van der Waals surface area contributed by atoms with Gasteiger partial charge in [-0.3, -0.25) is 14.6 Å². The van der Waals surface area contributed by atoms with Crippen molar-refractivity contribution in [3.8, 4) is 0 Å². The van der Waals surface area contributed by atoms with E-state index >= 15 is 0 Å². The van der Waals surface area contributed by atoms with E-state index in [0.717, 1.165) is 16.5 Å². The molecular weight excluding hydrogens is 328 g/mol. The lowest BCUT2D eigenvalue weighted by molar-refractivity contribution is -0.115. The van der Waals surface area contributed by atoms with E-state index in [-0.39, 0.29) is 11.8 Å². The summed E-state index contributed by atoms with van der Waals surface area (Å²) in [6, 6.07) is 16.3. The molecule has 2 N–H and O–H groups in total. The van der Waals surface area contributed by atoms with Crippen molar-refractivity contribution in [2.75, 3.05) is 5.32 Å². The molecule has 2 aromatic carbocycles. The van der Waals surface area contributed by atoms with Crippen molar-refractivity contribution in [2.45, 2.75) is 13.3 Å². The number of hydrazone groups is 1. The fourth-order valence-electron chi connectivity index (χ4n) is 2.44. The van der Waals surface area contributed by atoms with E-state index < -0.39 is 0 Å². The molecule has 0 aliphatic carbocycles. The fraction of sp³-hybridized carbons (Fsp3) is 0.100. The minimum absolute atomic E-state index is 0.106. The highest BCUT2D eigenvalue weighted by Gasteiger charge is 2.06. The van der Waals surface area contributed by atoms with Crippen LogP contribution < -0.4 is 10.7 Å². The highest BCUT2D eigenvalue weighted by molar-refractivity contribution is 6.00. The predicted molar refractivity (Wildman–Crippen MR) is 102 cm³/mol. The third-order valence-corrected chi connectivity index (χ3v) is 3.78. The summed E-state index contributed by atoms with van der Waals surface area (Å²) in [5.41, 5.74) is 5.22. The molecule has 6 nitrogen and oxygen atoms in total. The lowest BCUT2D eigenvalue weighted by atomic mass is 10.1. The first-order chi connectivity index (χ1) is 12.7. The van der Waals surface area contributed by atoms with Crippen molar-refractivity contribution >= 4 is 34.6 Å². The Morgan fingerprint density at radius 3 is 2.81 bits per heavy atom. The molecule has 0 atom stereocenters. The number of anilines is 1. The number of pyridine rings is 1. The first-order valence-corrected chi connectivity index (χ1v) is 8.24. The van der Waals surface area contributed by atoms with E-state index in [4.69, 9.17) is 0 Å². The minimum Gasteiger partial charge on any atom is -0.326 e. The molecule has 0 radical (unpaired) electrons. The molecule has 0 bridgehead atoms. The predicted octanol–water partition coefficient (Wildman–Crippen LogP) is 3.35. The van der Waals surface area contributed by atoms with Gasteiger partial charge in [0.05, 0.1) is 11.7 Å². The van der Waals surface area contributed by atoms with Crippen molar-refractivity contribution in [2.24, 2.45) is 5.10 Å². The molecule has 1 heterocycles. The normalized spacial score (nSPS) is 10.8. The lowest BCUT2D eigenvalue weighted by Crippen LogP contribution is -2.18. The first kappa shape index (κ1) is 17.3. The van der Waals surface area contributed by atoms with E-state index in [0.29, 0.717) is 17.7 Å². The van der Waals surface area contributed by atoms with E-state index in [9.17, 15) is 9.59 Å². The summed E-state index contributed by atoms with van der Waals surface area (Å²) in [7, 11) is 0. The zero-order chi connectivity index (χ0) is 18.4. The molecule has 0 unspecified atom stereocenters. The number of nitrogens with zero attached hydrogens (tertiary/aromatic N) is 2. The van der Waals surface area contributed by atoms with Crippen LogP contribution in [0, 0.1) is 0 Å². The second-order valence-electron chi connectivity index (χ2n) is 5.60. The molecule has 0 saturated heterocycles. The molecule has 0 fully saturated rings. The molecule has 0 aliphatic heterocycles. The average Bonchev–Trinajstić information content (AvgIpc) is 2.68. The molecule has 1 aromatic heterocycles. The molecule has 0 spiro atoms. The molecule has 130 valence electrons. The Morgan fingerprint density at radius 1 is 1.12 bits per heavy atom. The van der Waals surface area contributed by atoms with Crippen LogP contribution in [0.4, 0.5) is 5.69 Å². The number of carbonyl (C=O) groups excluding carboxylic acids is 2. The maximum atomic E-state index is 12.3. The molecule has 0 aliphatic rings. The van der Waals surface area contributed by atoms with Gasteiger partial charge >= 0.3 is 0 Å².